The lowest BCUT2D eigenvalue weighted by atomic mass is 9.83. The first-order valence-electron chi connectivity index (χ1n) is 4.78. The number of aliphatic hydroxyl groups excluding tert-OH is 1. The molecule has 0 radical (unpaired) electrons. The maximum atomic E-state index is 9.28. The fourth-order valence-corrected chi connectivity index (χ4v) is 2.02. The van der Waals surface area contributed by atoms with E-state index in [1.54, 1.807) is 0 Å². The number of fused-ring (bicyclic) bond motifs is 1. The van der Waals surface area contributed by atoms with Crippen LogP contribution in [-0.4, -0.2) is 11.3 Å². The molecule has 0 heterocycles. The van der Waals surface area contributed by atoms with Crippen LogP contribution >= 0.6 is 0 Å². The number of nitrogens with two attached hydrogens (primary N) is 1. The second-order valence-electron chi connectivity index (χ2n) is 3.76. The van der Waals surface area contributed by atoms with E-state index in [9.17, 15) is 5.11 Å². The molecular formula is C11H15NO. The third-order valence-electron chi connectivity index (χ3n) is 2.87. The molecule has 13 heavy (non-hydrogen) atoms. The Bertz CT molecular complexity index is 296. The third kappa shape index (κ3) is 1.74. The summed E-state index contributed by atoms with van der Waals surface area (Å²) in [5.41, 5.74) is 8.25. The fourth-order valence-electron chi connectivity index (χ4n) is 2.02. The van der Waals surface area contributed by atoms with Crippen molar-refractivity contribution in [3.05, 3.63) is 35.4 Å². The molecule has 0 amide bonds. The highest BCUT2D eigenvalue weighted by atomic mass is 16.3. The van der Waals surface area contributed by atoms with E-state index in [1.165, 1.54) is 11.1 Å². The summed E-state index contributed by atoms with van der Waals surface area (Å²) < 4.78 is 0. The van der Waals surface area contributed by atoms with Crippen LogP contribution in [0.1, 0.15) is 17.5 Å². The van der Waals surface area contributed by atoms with Gasteiger partial charge in [-0.05, 0) is 30.4 Å². The molecule has 0 saturated carbocycles. The molecule has 2 rings (SSSR count). The topological polar surface area (TPSA) is 46.2 Å². The van der Waals surface area contributed by atoms with Gasteiger partial charge in [-0.2, -0.15) is 0 Å². The Morgan fingerprint density at radius 2 is 2.00 bits per heavy atom. The molecule has 70 valence electrons. The average Bonchev–Trinajstić information content (AvgIpc) is 2.17. The summed E-state index contributed by atoms with van der Waals surface area (Å²) >= 11 is 0. The highest BCUT2D eigenvalue weighted by molar-refractivity contribution is 5.29. The molecule has 1 aliphatic rings. The Hall–Kier alpha value is -0.860. The summed E-state index contributed by atoms with van der Waals surface area (Å²) in [6.45, 7) is 0. The Labute approximate surface area is 78.4 Å². The number of hydrogen-bond donors (Lipinski definition) is 2. The van der Waals surface area contributed by atoms with E-state index in [0.717, 1.165) is 19.3 Å². The number of aliphatic hydroxyl groups is 1. The van der Waals surface area contributed by atoms with Gasteiger partial charge in [-0.25, -0.2) is 0 Å². The minimum absolute atomic E-state index is 0.245. The maximum absolute atomic E-state index is 9.28. The van der Waals surface area contributed by atoms with Gasteiger partial charge >= 0.3 is 0 Å². The van der Waals surface area contributed by atoms with Gasteiger partial charge in [0.15, 0.2) is 0 Å². The molecule has 1 aliphatic carbocycles. The van der Waals surface area contributed by atoms with Crippen molar-refractivity contribution < 1.29 is 5.11 Å². The van der Waals surface area contributed by atoms with Crippen LogP contribution in [0.2, 0.25) is 0 Å². The van der Waals surface area contributed by atoms with Crippen molar-refractivity contribution in [2.45, 2.75) is 25.5 Å². The van der Waals surface area contributed by atoms with Gasteiger partial charge in [-0.3, -0.25) is 0 Å². The van der Waals surface area contributed by atoms with E-state index in [-0.39, 0.29) is 5.92 Å². The Morgan fingerprint density at radius 1 is 1.31 bits per heavy atom. The summed E-state index contributed by atoms with van der Waals surface area (Å²) in [7, 11) is 0. The van der Waals surface area contributed by atoms with Crippen molar-refractivity contribution in [1.29, 1.82) is 0 Å². The van der Waals surface area contributed by atoms with Crippen molar-refractivity contribution in [1.82, 2.24) is 0 Å². The van der Waals surface area contributed by atoms with Gasteiger partial charge in [0.2, 0.25) is 0 Å². The van der Waals surface area contributed by atoms with Crippen LogP contribution in [0.4, 0.5) is 0 Å². The van der Waals surface area contributed by atoms with Crippen molar-refractivity contribution in [2.75, 3.05) is 0 Å². The summed E-state index contributed by atoms with van der Waals surface area (Å²) in [5.74, 6) is 0.245. The zero-order valence-electron chi connectivity index (χ0n) is 7.61. The minimum atomic E-state index is -0.659. The second kappa shape index (κ2) is 3.48. The van der Waals surface area contributed by atoms with Crippen molar-refractivity contribution in [2.24, 2.45) is 11.7 Å². The van der Waals surface area contributed by atoms with Crippen LogP contribution in [0.5, 0.6) is 0 Å². The molecule has 1 aromatic carbocycles. The first kappa shape index (κ1) is 8.73. The van der Waals surface area contributed by atoms with Crippen LogP contribution in [0.15, 0.2) is 24.3 Å². The standard InChI is InChI=1S/C11H15NO/c12-11(13)10-6-5-8-3-1-2-4-9(8)7-10/h1-4,10-11,13H,5-7,12H2. The van der Waals surface area contributed by atoms with E-state index in [4.69, 9.17) is 5.73 Å². The SMILES string of the molecule is NC(O)C1CCc2ccccc2C1. The Morgan fingerprint density at radius 3 is 2.69 bits per heavy atom. The van der Waals surface area contributed by atoms with Gasteiger partial charge in [0.25, 0.3) is 0 Å². The molecule has 0 bridgehead atoms. The van der Waals surface area contributed by atoms with Crippen LogP contribution in [-0.2, 0) is 12.8 Å². The fraction of sp³-hybridized carbons (Fsp3) is 0.455. The lowest BCUT2D eigenvalue weighted by molar-refractivity contribution is 0.105. The van der Waals surface area contributed by atoms with E-state index < -0.39 is 6.23 Å². The quantitative estimate of drug-likeness (QED) is 0.630. The van der Waals surface area contributed by atoms with E-state index >= 15 is 0 Å². The Balaban J connectivity index is 2.20. The average molecular weight is 177 g/mol. The molecule has 2 nitrogen and oxygen atoms in total. The summed E-state index contributed by atoms with van der Waals surface area (Å²) in [4.78, 5) is 0. The molecule has 0 aliphatic heterocycles. The lowest BCUT2D eigenvalue weighted by Gasteiger charge is -2.26. The van der Waals surface area contributed by atoms with Gasteiger partial charge in [-0.1, -0.05) is 24.3 Å². The molecule has 1 aromatic rings. The summed E-state index contributed by atoms with van der Waals surface area (Å²) in [6.07, 6.45) is 2.32. The molecule has 2 unspecified atom stereocenters. The molecule has 0 saturated heterocycles. The van der Waals surface area contributed by atoms with Crippen molar-refractivity contribution >= 4 is 0 Å². The van der Waals surface area contributed by atoms with E-state index in [0.29, 0.717) is 0 Å². The highest BCUT2D eigenvalue weighted by Gasteiger charge is 2.21. The van der Waals surface area contributed by atoms with Gasteiger partial charge in [0, 0.05) is 5.92 Å². The Kier molecular flexibility index (Phi) is 2.34. The summed E-state index contributed by atoms with van der Waals surface area (Å²) in [5, 5.41) is 9.28. The normalized spacial score (nSPS) is 23.7. The smallest absolute Gasteiger partial charge is 0.105 e. The molecule has 2 heteroatoms. The summed E-state index contributed by atoms with van der Waals surface area (Å²) in [6, 6.07) is 8.40. The predicted molar refractivity (Wildman–Crippen MR) is 52.2 cm³/mol. The first-order valence-corrected chi connectivity index (χ1v) is 4.78. The highest BCUT2D eigenvalue weighted by Crippen LogP contribution is 2.25. The molecular weight excluding hydrogens is 162 g/mol. The van der Waals surface area contributed by atoms with Gasteiger partial charge in [0.05, 0.1) is 0 Å². The minimum Gasteiger partial charge on any atom is -0.379 e. The van der Waals surface area contributed by atoms with Crippen molar-refractivity contribution in [3.8, 4) is 0 Å². The maximum Gasteiger partial charge on any atom is 0.105 e. The molecule has 0 spiro atoms. The van der Waals surface area contributed by atoms with Gasteiger partial charge < -0.3 is 10.8 Å². The molecule has 2 atom stereocenters. The van der Waals surface area contributed by atoms with Gasteiger partial charge in [0.1, 0.15) is 6.23 Å². The largest absolute Gasteiger partial charge is 0.379 e. The van der Waals surface area contributed by atoms with Crippen LogP contribution in [0.3, 0.4) is 0 Å². The van der Waals surface area contributed by atoms with Crippen molar-refractivity contribution in [3.63, 3.8) is 0 Å². The third-order valence-corrected chi connectivity index (χ3v) is 2.87. The zero-order valence-corrected chi connectivity index (χ0v) is 7.61. The van der Waals surface area contributed by atoms with E-state index in [2.05, 4.69) is 18.2 Å². The first-order chi connectivity index (χ1) is 6.27. The molecule has 3 N–H and O–H groups in total. The number of benzene rings is 1. The van der Waals surface area contributed by atoms with Crippen LogP contribution < -0.4 is 5.73 Å². The van der Waals surface area contributed by atoms with Crippen LogP contribution in [0, 0.1) is 5.92 Å². The molecule has 0 aromatic heterocycles. The second-order valence-corrected chi connectivity index (χ2v) is 3.76. The molecule has 0 fully saturated rings. The monoisotopic (exact) mass is 177 g/mol. The van der Waals surface area contributed by atoms with Crippen LogP contribution in [0.25, 0.3) is 0 Å². The zero-order chi connectivity index (χ0) is 9.26. The lowest BCUT2D eigenvalue weighted by Crippen LogP contribution is -2.33. The predicted octanol–water partition coefficient (Wildman–Crippen LogP) is 1.07. The van der Waals surface area contributed by atoms with Gasteiger partial charge in [-0.15, -0.1) is 0 Å². The number of rotatable bonds is 1. The number of aryl methyl sites for hydroxylation is 1. The number of hydrogen-bond acceptors (Lipinski definition) is 2. The van der Waals surface area contributed by atoms with E-state index in [1.807, 2.05) is 6.07 Å².